The Kier molecular flexibility index (Phi) is 4.25. The SMILES string of the molecule is CN1c2ccccc2[C@H]2C[C@@H](NC(=O)C(F)(F)F)CCN2c2ccccc21. The highest BCUT2D eigenvalue weighted by atomic mass is 19.4. The van der Waals surface area contributed by atoms with E-state index < -0.39 is 18.1 Å². The van der Waals surface area contributed by atoms with E-state index in [0.717, 1.165) is 22.6 Å². The molecule has 7 heteroatoms. The van der Waals surface area contributed by atoms with Gasteiger partial charge in [-0.15, -0.1) is 0 Å². The van der Waals surface area contributed by atoms with Crippen LogP contribution in [-0.2, 0) is 4.79 Å². The van der Waals surface area contributed by atoms with E-state index in [9.17, 15) is 18.0 Å². The minimum Gasteiger partial charge on any atom is -0.363 e. The highest BCUT2D eigenvalue weighted by Gasteiger charge is 2.42. The number of para-hydroxylation sites is 3. The van der Waals surface area contributed by atoms with Gasteiger partial charge in [0.15, 0.2) is 0 Å². The molecule has 2 aliphatic heterocycles. The van der Waals surface area contributed by atoms with Crippen LogP contribution in [0.2, 0.25) is 0 Å². The smallest absolute Gasteiger partial charge is 0.363 e. The summed E-state index contributed by atoms with van der Waals surface area (Å²) in [5.41, 5.74) is 4.20. The first kappa shape index (κ1) is 17.7. The number of benzene rings is 2. The Hall–Kier alpha value is -2.70. The predicted octanol–water partition coefficient (Wildman–Crippen LogP) is 4.16. The van der Waals surface area contributed by atoms with Crippen molar-refractivity contribution in [3.8, 4) is 0 Å². The number of halogens is 3. The van der Waals surface area contributed by atoms with Gasteiger partial charge in [-0.25, -0.2) is 0 Å². The molecule has 0 spiro atoms. The van der Waals surface area contributed by atoms with Crippen LogP contribution >= 0.6 is 0 Å². The standard InChI is InChI=1S/C20H20F3N3O/c1-25-15-7-3-2-6-14(15)18-12-13(24-19(27)20(21,22)23)10-11-26(18)17-9-5-4-8-16(17)25/h2-9,13,18H,10-12H2,1H3,(H,24,27)/t13-,18+/m0/s1. The maximum Gasteiger partial charge on any atom is 0.471 e. The van der Waals surface area contributed by atoms with Gasteiger partial charge in [-0.3, -0.25) is 4.79 Å². The van der Waals surface area contributed by atoms with E-state index in [4.69, 9.17) is 0 Å². The van der Waals surface area contributed by atoms with Gasteiger partial charge in [-0.1, -0.05) is 30.3 Å². The van der Waals surface area contributed by atoms with Crippen LogP contribution in [0.3, 0.4) is 0 Å². The summed E-state index contributed by atoms with van der Waals surface area (Å²) < 4.78 is 38.0. The maximum atomic E-state index is 12.7. The molecule has 27 heavy (non-hydrogen) atoms. The second-order valence-corrected chi connectivity index (χ2v) is 7.01. The van der Waals surface area contributed by atoms with Crippen molar-refractivity contribution in [2.24, 2.45) is 0 Å². The van der Waals surface area contributed by atoms with Crippen molar-refractivity contribution in [1.82, 2.24) is 5.32 Å². The number of fused-ring (bicyclic) bond motifs is 5. The van der Waals surface area contributed by atoms with E-state index in [1.165, 1.54) is 0 Å². The lowest BCUT2D eigenvalue weighted by Gasteiger charge is -2.41. The first-order valence-corrected chi connectivity index (χ1v) is 8.92. The lowest BCUT2D eigenvalue weighted by Crippen LogP contribution is -2.49. The molecule has 1 saturated heterocycles. The van der Waals surface area contributed by atoms with Crippen molar-refractivity contribution in [3.05, 3.63) is 54.1 Å². The third-order valence-electron chi connectivity index (χ3n) is 5.40. The summed E-state index contributed by atoms with van der Waals surface area (Å²) in [5, 5.41) is 2.17. The maximum absolute atomic E-state index is 12.7. The Morgan fingerprint density at radius 1 is 1.04 bits per heavy atom. The Balaban J connectivity index is 1.71. The van der Waals surface area contributed by atoms with Crippen LogP contribution in [-0.4, -0.2) is 31.7 Å². The molecule has 2 aliphatic rings. The molecule has 0 unspecified atom stereocenters. The van der Waals surface area contributed by atoms with Gasteiger partial charge in [0, 0.05) is 25.3 Å². The van der Waals surface area contributed by atoms with Crippen molar-refractivity contribution in [3.63, 3.8) is 0 Å². The molecule has 0 bridgehead atoms. The number of hydrogen-bond donors (Lipinski definition) is 1. The number of piperidine rings is 1. The molecule has 0 aliphatic carbocycles. The predicted molar refractivity (Wildman–Crippen MR) is 98.3 cm³/mol. The molecule has 2 aromatic carbocycles. The van der Waals surface area contributed by atoms with Crippen LogP contribution in [0.1, 0.15) is 24.4 Å². The normalized spacial score (nSPS) is 21.6. The van der Waals surface area contributed by atoms with Crippen molar-refractivity contribution >= 4 is 23.0 Å². The first-order valence-electron chi connectivity index (χ1n) is 8.92. The minimum absolute atomic E-state index is 0.0976. The Labute approximate surface area is 155 Å². The molecule has 142 valence electrons. The molecule has 0 radical (unpaired) electrons. The highest BCUT2D eigenvalue weighted by molar-refractivity contribution is 5.83. The molecular weight excluding hydrogens is 355 g/mol. The number of rotatable bonds is 1. The number of alkyl halides is 3. The van der Waals surface area contributed by atoms with Crippen molar-refractivity contribution in [1.29, 1.82) is 0 Å². The molecule has 2 heterocycles. The Bertz CT molecular complexity index is 868. The molecule has 2 aromatic rings. The third kappa shape index (κ3) is 3.11. The number of carbonyl (C=O) groups is 1. The molecule has 4 rings (SSSR count). The summed E-state index contributed by atoms with van der Waals surface area (Å²) in [5.74, 6) is -1.86. The molecule has 1 N–H and O–H groups in total. The number of carbonyl (C=O) groups excluding carboxylic acids is 1. The van der Waals surface area contributed by atoms with Crippen LogP contribution in [0.15, 0.2) is 48.5 Å². The van der Waals surface area contributed by atoms with Gasteiger partial charge in [-0.2, -0.15) is 13.2 Å². The molecule has 1 fully saturated rings. The van der Waals surface area contributed by atoms with Gasteiger partial charge in [0.05, 0.1) is 17.4 Å². The van der Waals surface area contributed by atoms with E-state index >= 15 is 0 Å². The summed E-state index contributed by atoms with van der Waals surface area (Å²) in [6.07, 6.45) is -3.95. The minimum atomic E-state index is -4.86. The van der Waals surface area contributed by atoms with Crippen LogP contribution in [0, 0.1) is 0 Å². The fourth-order valence-electron chi connectivity index (χ4n) is 4.14. The lowest BCUT2D eigenvalue weighted by atomic mass is 9.90. The van der Waals surface area contributed by atoms with Gasteiger partial charge < -0.3 is 15.1 Å². The van der Waals surface area contributed by atoms with Crippen LogP contribution < -0.4 is 15.1 Å². The van der Waals surface area contributed by atoms with Crippen molar-refractivity contribution in [2.75, 3.05) is 23.4 Å². The van der Waals surface area contributed by atoms with Gasteiger partial charge in [0.2, 0.25) is 0 Å². The van der Waals surface area contributed by atoms with Gasteiger partial charge in [-0.05, 0) is 36.6 Å². The average molecular weight is 375 g/mol. The van der Waals surface area contributed by atoms with Gasteiger partial charge in [0.1, 0.15) is 0 Å². The molecule has 4 nitrogen and oxygen atoms in total. The number of nitrogens with zero attached hydrogens (tertiary/aromatic N) is 2. The van der Waals surface area contributed by atoms with E-state index in [2.05, 4.69) is 15.1 Å². The molecule has 0 aromatic heterocycles. The summed E-state index contributed by atoms with van der Waals surface area (Å²) >= 11 is 0. The molecule has 2 atom stereocenters. The van der Waals surface area contributed by atoms with Gasteiger partial charge >= 0.3 is 12.1 Å². The van der Waals surface area contributed by atoms with Gasteiger partial charge in [0.25, 0.3) is 0 Å². The van der Waals surface area contributed by atoms with Crippen LogP contribution in [0.4, 0.5) is 30.2 Å². The highest BCUT2D eigenvalue weighted by Crippen LogP contribution is 2.47. The zero-order chi connectivity index (χ0) is 19.2. The average Bonchev–Trinajstić information content (AvgIpc) is 2.76. The first-order chi connectivity index (χ1) is 12.9. The molecule has 1 amide bonds. The number of hydrogen-bond acceptors (Lipinski definition) is 3. The monoisotopic (exact) mass is 375 g/mol. The van der Waals surface area contributed by atoms with E-state index in [-0.39, 0.29) is 6.04 Å². The molecule has 0 saturated carbocycles. The van der Waals surface area contributed by atoms with E-state index in [1.54, 1.807) is 0 Å². The second-order valence-electron chi connectivity index (χ2n) is 7.01. The second kappa shape index (κ2) is 6.48. The van der Waals surface area contributed by atoms with E-state index in [1.807, 2.05) is 55.6 Å². The number of anilines is 3. The Morgan fingerprint density at radius 2 is 1.67 bits per heavy atom. The summed E-state index contributed by atoms with van der Waals surface area (Å²) in [4.78, 5) is 15.8. The Morgan fingerprint density at radius 3 is 2.37 bits per heavy atom. The summed E-state index contributed by atoms with van der Waals surface area (Å²) in [6, 6.07) is 15.4. The fourth-order valence-corrected chi connectivity index (χ4v) is 4.14. The summed E-state index contributed by atoms with van der Waals surface area (Å²) in [7, 11) is 2.00. The summed E-state index contributed by atoms with van der Waals surface area (Å²) in [6.45, 7) is 0.576. The van der Waals surface area contributed by atoms with Crippen LogP contribution in [0.5, 0.6) is 0 Å². The number of nitrogens with one attached hydrogen (secondary N) is 1. The third-order valence-corrected chi connectivity index (χ3v) is 5.40. The van der Waals surface area contributed by atoms with E-state index in [0.29, 0.717) is 19.4 Å². The van der Waals surface area contributed by atoms with Crippen molar-refractivity contribution < 1.29 is 18.0 Å². The zero-order valence-corrected chi connectivity index (χ0v) is 14.8. The lowest BCUT2D eigenvalue weighted by molar-refractivity contribution is -0.174. The quantitative estimate of drug-likeness (QED) is 0.813. The van der Waals surface area contributed by atoms with Crippen LogP contribution in [0.25, 0.3) is 0 Å². The zero-order valence-electron chi connectivity index (χ0n) is 14.8. The van der Waals surface area contributed by atoms with Crippen molar-refractivity contribution in [2.45, 2.75) is 31.1 Å². The fraction of sp³-hybridized carbons (Fsp3) is 0.350. The largest absolute Gasteiger partial charge is 0.471 e. The topological polar surface area (TPSA) is 35.6 Å². The molecular formula is C20H20F3N3O. The number of amides is 1.